The Labute approximate surface area is 124 Å². The van der Waals surface area contributed by atoms with Crippen molar-refractivity contribution in [2.75, 3.05) is 0 Å². The number of aliphatic imine (C=N–C) groups is 1. The summed E-state index contributed by atoms with van der Waals surface area (Å²) in [5.74, 6) is 1.53. The monoisotopic (exact) mass is 287 g/mol. The van der Waals surface area contributed by atoms with E-state index in [0.29, 0.717) is 10.9 Å². The predicted molar refractivity (Wildman–Crippen MR) is 84.5 cm³/mol. The molecule has 0 amide bonds. The molecule has 0 saturated heterocycles. The Hall–Kier alpha value is -1.54. The van der Waals surface area contributed by atoms with Crippen molar-refractivity contribution in [3.8, 4) is 5.75 Å². The summed E-state index contributed by atoms with van der Waals surface area (Å²) in [4.78, 5) is 4.29. The normalized spacial score (nSPS) is 31.0. The average Bonchev–Trinajstić information content (AvgIpc) is 2.43. The van der Waals surface area contributed by atoms with E-state index in [9.17, 15) is 0 Å². The minimum atomic E-state index is 0.133. The Bertz CT molecular complexity index is 589. The molecule has 104 valence electrons. The van der Waals surface area contributed by atoms with Crippen LogP contribution in [0.15, 0.2) is 41.0 Å². The van der Waals surface area contributed by atoms with Gasteiger partial charge < -0.3 is 4.74 Å². The van der Waals surface area contributed by atoms with Crippen LogP contribution < -0.4 is 4.74 Å². The number of fused-ring (bicyclic) bond motifs is 2. The molecule has 3 rings (SSSR count). The van der Waals surface area contributed by atoms with Crippen molar-refractivity contribution in [1.82, 2.24) is 0 Å². The first-order chi connectivity index (χ1) is 9.72. The summed E-state index contributed by atoms with van der Waals surface area (Å²) in [6, 6.07) is 5.74. The lowest BCUT2D eigenvalue weighted by molar-refractivity contribution is 0.176. The predicted octanol–water partition coefficient (Wildman–Crippen LogP) is 4.89. The van der Waals surface area contributed by atoms with Gasteiger partial charge in [-0.1, -0.05) is 18.5 Å². The lowest BCUT2D eigenvalue weighted by atomic mass is 9.84. The summed E-state index contributed by atoms with van der Waals surface area (Å²) in [7, 11) is 0. The third kappa shape index (κ3) is 2.96. The molecule has 1 fully saturated rings. The fourth-order valence-electron chi connectivity index (χ4n) is 2.74. The first kappa shape index (κ1) is 13.4. The topological polar surface area (TPSA) is 21.6 Å². The summed E-state index contributed by atoms with van der Waals surface area (Å²) < 4.78 is 6.26. The summed E-state index contributed by atoms with van der Waals surface area (Å²) >= 11 is 6.10. The van der Waals surface area contributed by atoms with Gasteiger partial charge in [0.05, 0.1) is 0 Å². The molecule has 3 heteroatoms. The second-order valence-corrected chi connectivity index (χ2v) is 5.96. The standard InChI is InChI=1S/C17H18ClNO/c1-12-2-3-13-6-8-19-9-7-14-4-5-15(18)11-17(14)20-16(13)10-12/h4-9,11-12,16H,2-3,10H2,1H3/b9-7-,13-6-,19-8+. The molecule has 2 atom stereocenters. The molecular weight excluding hydrogens is 270 g/mol. The Balaban J connectivity index is 2.00. The van der Waals surface area contributed by atoms with Gasteiger partial charge in [0.15, 0.2) is 0 Å². The highest BCUT2D eigenvalue weighted by Gasteiger charge is 2.25. The van der Waals surface area contributed by atoms with Crippen LogP contribution in [0.2, 0.25) is 5.02 Å². The van der Waals surface area contributed by atoms with Gasteiger partial charge in [0, 0.05) is 23.0 Å². The van der Waals surface area contributed by atoms with E-state index in [1.807, 2.05) is 30.5 Å². The zero-order valence-electron chi connectivity index (χ0n) is 11.6. The minimum absolute atomic E-state index is 0.133. The van der Waals surface area contributed by atoms with E-state index in [4.69, 9.17) is 16.3 Å². The SMILES string of the molecule is CC1CC/C2=C/C=N/C=C\c3ccc(Cl)cc3OC2C1. The highest BCUT2D eigenvalue weighted by atomic mass is 35.5. The highest BCUT2D eigenvalue weighted by Crippen LogP contribution is 2.34. The largest absolute Gasteiger partial charge is 0.485 e. The summed E-state index contributed by atoms with van der Waals surface area (Å²) in [5.41, 5.74) is 2.35. The molecule has 2 unspecified atom stereocenters. The van der Waals surface area contributed by atoms with Crippen molar-refractivity contribution in [2.45, 2.75) is 32.3 Å². The van der Waals surface area contributed by atoms with E-state index in [2.05, 4.69) is 18.0 Å². The van der Waals surface area contributed by atoms with Crippen molar-refractivity contribution < 1.29 is 4.74 Å². The summed E-state index contributed by atoms with van der Waals surface area (Å²) in [5, 5.41) is 0.701. The Morgan fingerprint density at radius 2 is 2.25 bits per heavy atom. The van der Waals surface area contributed by atoms with Crippen LogP contribution in [-0.2, 0) is 0 Å². The van der Waals surface area contributed by atoms with E-state index in [1.54, 1.807) is 6.20 Å². The first-order valence-electron chi connectivity index (χ1n) is 7.07. The first-order valence-corrected chi connectivity index (χ1v) is 7.45. The van der Waals surface area contributed by atoms with Crippen LogP contribution in [0.4, 0.5) is 0 Å². The molecule has 0 radical (unpaired) electrons. The third-order valence-corrected chi connectivity index (χ3v) is 4.15. The zero-order valence-corrected chi connectivity index (χ0v) is 12.3. The maximum Gasteiger partial charge on any atom is 0.128 e. The quantitative estimate of drug-likeness (QED) is 0.666. The van der Waals surface area contributed by atoms with Crippen LogP contribution in [-0.4, -0.2) is 12.3 Å². The minimum Gasteiger partial charge on any atom is -0.485 e. The van der Waals surface area contributed by atoms with Gasteiger partial charge in [0.1, 0.15) is 11.9 Å². The Morgan fingerprint density at radius 1 is 1.35 bits per heavy atom. The molecule has 0 spiro atoms. The van der Waals surface area contributed by atoms with Gasteiger partial charge in [-0.2, -0.15) is 0 Å². The highest BCUT2D eigenvalue weighted by molar-refractivity contribution is 6.30. The summed E-state index contributed by atoms with van der Waals surface area (Å²) in [6.45, 7) is 2.28. The molecule has 0 N–H and O–H groups in total. The van der Waals surface area contributed by atoms with E-state index in [-0.39, 0.29) is 6.10 Å². The summed E-state index contributed by atoms with van der Waals surface area (Å²) in [6.07, 6.45) is 11.2. The van der Waals surface area contributed by atoms with Crippen LogP contribution in [0.25, 0.3) is 6.08 Å². The van der Waals surface area contributed by atoms with E-state index < -0.39 is 0 Å². The molecule has 1 aromatic rings. The van der Waals surface area contributed by atoms with E-state index in [0.717, 1.165) is 24.2 Å². The molecule has 1 aliphatic carbocycles. The van der Waals surface area contributed by atoms with Crippen LogP contribution >= 0.6 is 11.6 Å². The molecule has 0 bridgehead atoms. The number of hydrogen-bond acceptors (Lipinski definition) is 2. The number of halogens is 1. The average molecular weight is 288 g/mol. The van der Waals surface area contributed by atoms with Crippen LogP contribution in [0.3, 0.4) is 0 Å². The number of hydrogen-bond donors (Lipinski definition) is 0. The van der Waals surface area contributed by atoms with Crippen molar-refractivity contribution in [3.05, 3.63) is 46.6 Å². The van der Waals surface area contributed by atoms with Gasteiger partial charge in [0.25, 0.3) is 0 Å². The van der Waals surface area contributed by atoms with Gasteiger partial charge in [0.2, 0.25) is 0 Å². The maximum absolute atomic E-state index is 6.26. The fourth-order valence-corrected chi connectivity index (χ4v) is 2.90. The molecule has 2 aliphatic rings. The van der Waals surface area contributed by atoms with Gasteiger partial charge in [-0.15, -0.1) is 0 Å². The maximum atomic E-state index is 6.26. The molecule has 1 aromatic carbocycles. The number of nitrogens with zero attached hydrogens (tertiary/aromatic N) is 1. The number of rotatable bonds is 0. The van der Waals surface area contributed by atoms with E-state index >= 15 is 0 Å². The van der Waals surface area contributed by atoms with Crippen molar-refractivity contribution in [2.24, 2.45) is 10.9 Å². The van der Waals surface area contributed by atoms with Gasteiger partial charge in [-0.25, -0.2) is 0 Å². The van der Waals surface area contributed by atoms with Crippen LogP contribution in [0, 0.1) is 5.92 Å². The van der Waals surface area contributed by atoms with Gasteiger partial charge >= 0.3 is 0 Å². The van der Waals surface area contributed by atoms with Crippen molar-refractivity contribution in [3.63, 3.8) is 0 Å². The van der Waals surface area contributed by atoms with E-state index in [1.165, 1.54) is 12.0 Å². The molecular formula is C17H18ClNO. The smallest absolute Gasteiger partial charge is 0.128 e. The second kappa shape index (κ2) is 5.84. The number of ether oxygens (including phenoxy) is 1. The lowest BCUT2D eigenvalue weighted by Gasteiger charge is -2.30. The fraction of sp³-hybridized carbons (Fsp3) is 0.353. The van der Waals surface area contributed by atoms with Crippen LogP contribution in [0.1, 0.15) is 31.7 Å². The van der Waals surface area contributed by atoms with Crippen LogP contribution in [0.5, 0.6) is 5.75 Å². The molecule has 2 nitrogen and oxygen atoms in total. The molecule has 1 saturated carbocycles. The zero-order chi connectivity index (χ0) is 13.9. The Kier molecular flexibility index (Phi) is 3.93. The van der Waals surface area contributed by atoms with Crippen molar-refractivity contribution in [1.29, 1.82) is 0 Å². The van der Waals surface area contributed by atoms with Crippen molar-refractivity contribution >= 4 is 23.9 Å². The lowest BCUT2D eigenvalue weighted by Crippen LogP contribution is -2.27. The molecule has 1 aliphatic heterocycles. The second-order valence-electron chi connectivity index (χ2n) is 5.52. The number of benzene rings is 1. The molecule has 20 heavy (non-hydrogen) atoms. The van der Waals surface area contributed by atoms with Gasteiger partial charge in [-0.3, -0.25) is 4.99 Å². The van der Waals surface area contributed by atoms with Gasteiger partial charge in [-0.05, 0) is 61.1 Å². The third-order valence-electron chi connectivity index (χ3n) is 3.92. The molecule has 1 heterocycles. The number of allylic oxidation sites excluding steroid dienone is 1. The Morgan fingerprint density at radius 3 is 3.15 bits per heavy atom. The molecule has 0 aromatic heterocycles.